The van der Waals surface area contributed by atoms with Crippen molar-refractivity contribution in [3.63, 3.8) is 0 Å². The van der Waals surface area contributed by atoms with Crippen LogP contribution in [-0.4, -0.2) is 31.2 Å². The number of benzene rings is 1. The number of carbonyl (C=O) groups is 1. The lowest BCUT2D eigenvalue weighted by Gasteiger charge is -2.07. The molecule has 2 N–H and O–H groups in total. The quantitative estimate of drug-likeness (QED) is 0.560. The first-order valence-electron chi connectivity index (χ1n) is 6.83. The van der Waals surface area contributed by atoms with Crippen LogP contribution in [0.25, 0.3) is 0 Å². The number of amides is 1. The van der Waals surface area contributed by atoms with Crippen molar-refractivity contribution in [2.24, 2.45) is 0 Å². The van der Waals surface area contributed by atoms with E-state index < -0.39 is 0 Å². The Balaban J connectivity index is 1.60. The second-order valence-electron chi connectivity index (χ2n) is 4.52. The first-order valence-corrected chi connectivity index (χ1v) is 6.83. The van der Waals surface area contributed by atoms with Gasteiger partial charge in [0.25, 0.3) is 5.91 Å². The number of nitrogens with one attached hydrogen (secondary N) is 2. The first-order chi connectivity index (χ1) is 10.3. The van der Waals surface area contributed by atoms with Gasteiger partial charge in [0.2, 0.25) is 6.33 Å². The molecular weight excluding hydrogens is 270 g/mol. The lowest BCUT2D eigenvalue weighted by molar-refractivity contribution is -0.695. The third-order valence-corrected chi connectivity index (χ3v) is 2.95. The molecule has 0 spiro atoms. The Morgan fingerprint density at radius 2 is 2.05 bits per heavy atom. The Morgan fingerprint density at radius 1 is 1.29 bits per heavy atom. The van der Waals surface area contributed by atoms with E-state index in [-0.39, 0.29) is 12.5 Å². The third-order valence-electron chi connectivity index (χ3n) is 2.95. The summed E-state index contributed by atoms with van der Waals surface area (Å²) >= 11 is 0. The summed E-state index contributed by atoms with van der Waals surface area (Å²) in [6.45, 7) is 1.51. The molecule has 0 fully saturated rings. The van der Waals surface area contributed by atoms with Crippen molar-refractivity contribution in [1.29, 1.82) is 0 Å². The van der Waals surface area contributed by atoms with Gasteiger partial charge in [0.15, 0.2) is 6.61 Å². The molecule has 0 aliphatic carbocycles. The van der Waals surface area contributed by atoms with Gasteiger partial charge in [-0.3, -0.25) is 9.78 Å². The molecule has 1 amide bonds. The molecule has 0 aliphatic heterocycles. The van der Waals surface area contributed by atoms with Gasteiger partial charge in [-0.1, -0.05) is 0 Å². The molecule has 0 aliphatic rings. The molecule has 0 atom stereocenters. The number of rotatable bonds is 8. The van der Waals surface area contributed by atoms with Crippen LogP contribution in [0.5, 0.6) is 11.5 Å². The van der Waals surface area contributed by atoms with E-state index >= 15 is 0 Å². The lowest BCUT2D eigenvalue weighted by Crippen LogP contribution is -2.35. The summed E-state index contributed by atoms with van der Waals surface area (Å²) in [5, 5.41) is 2.83. The van der Waals surface area contributed by atoms with Crippen LogP contribution in [0.3, 0.4) is 0 Å². The highest BCUT2D eigenvalue weighted by Crippen LogP contribution is 2.16. The molecular formula is C15H20N3O3+. The molecule has 112 valence electrons. The maximum Gasteiger partial charge on any atom is 0.257 e. The van der Waals surface area contributed by atoms with E-state index in [4.69, 9.17) is 9.47 Å². The van der Waals surface area contributed by atoms with Crippen LogP contribution in [0.4, 0.5) is 0 Å². The minimum Gasteiger partial charge on any atom is -0.497 e. The monoisotopic (exact) mass is 290 g/mol. The number of carbonyl (C=O) groups excluding carboxylic acids is 1. The zero-order chi connectivity index (χ0) is 14.9. The van der Waals surface area contributed by atoms with Crippen molar-refractivity contribution < 1.29 is 18.8 Å². The van der Waals surface area contributed by atoms with E-state index in [0.29, 0.717) is 12.3 Å². The normalized spacial score (nSPS) is 10.1. The van der Waals surface area contributed by atoms with Crippen molar-refractivity contribution in [3.05, 3.63) is 43.0 Å². The van der Waals surface area contributed by atoms with Crippen LogP contribution in [0.15, 0.2) is 43.0 Å². The number of aromatic nitrogens is 2. The summed E-state index contributed by atoms with van der Waals surface area (Å²) in [7, 11) is 1.61. The number of H-pyrrole nitrogens is 1. The van der Waals surface area contributed by atoms with E-state index in [1.54, 1.807) is 31.4 Å². The molecule has 0 saturated heterocycles. The SMILES string of the molecule is COc1ccc(OCC(=O)NCCC[n+]2cc[nH]c2)cc1. The van der Waals surface area contributed by atoms with Gasteiger partial charge in [-0.2, -0.15) is 0 Å². The van der Waals surface area contributed by atoms with Crippen molar-refractivity contribution in [2.75, 3.05) is 20.3 Å². The highest BCUT2D eigenvalue weighted by molar-refractivity contribution is 5.77. The maximum atomic E-state index is 11.6. The smallest absolute Gasteiger partial charge is 0.257 e. The third kappa shape index (κ3) is 5.18. The molecule has 0 saturated carbocycles. The number of hydrogen-bond donors (Lipinski definition) is 2. The molecule has 0 unspecified atom stereocenters. The largest absolute Gasteiger partial charge is 0.497 e. The van der Waals surface area contributed by atoms with Crippen LogP contribution in [0, 0.1) is 0 Å². The van der Waals surface area contributed by atoms with Gasteiger partial charge >= 0.3 is 0 Å². The molecule has 2 rings (SSSR count). The number of hydrogen-bond acceptors (Lipinski definition) is 3. The van der Waals surface area contributed by atoms with Crippen molar-refractivity contribution in [2.45, 2.75) is 13.0 Å². The second-order valence-corrected chi connectivity index (χ2v) is 4.52. The zero-order valence-electron chi connectivity index (χ0n) is 12.0. The van der Waals surface area contributed by atoms with Gasteiger partial charge in [-0.15, -0.1) is 0 Å². The second kappa shape index (κ2) is 7.94. The molecule has 0 bridgehead atoms. The summed E-state index contributed by atoms with van der Waals surface area (Å²) in [5.41, 5.74) is 0. The van der Waals surface area contributed by atoms with Crippen LogP contribution < -0.4 is 19.4 Å². The number of imidazole rings is 1. The fraction of sp³-hybridized carbons (Fsp3) is 0.333. The van der Waals surface area contributed by atoms with E-state index in [1.165, 1.54) is 0 Å². The first kappa shape index (κ1) is 14.9. The molecule has 21 heavy (non-hydrogen) atoms. The lowest BCUT2D eigenvalue weighted by atomic mass is 10.3. The summed E-state index contributed by atoms with van der Waals surface area (Å²) in [4.78, 5) is 14.6. The molecule has 6 nitrogen and oxygen atoms in total. The van der Waals surface area contributed by atoms with E-state index in [2.05, 4.69) is 10.3 Å². The summed E-state index contributed by atoms with van der Waals surface area (Å²) in [6.07, 6.45) is 6.57. The van der Waals surface area contributed by atoms with E-state index in [1.807, 2.05) is 23.3 Å². The topological polar surface area (TPSA) is 67.2 Å². The number of ether oxygens (including phenoxy) is 2. The van der Waals surface area contributed by atoms with Gasteiger partial charge < -0.3 is 14.8 Å². The number of nitrogens with zero attached hydrogens (tertiary/aromatic N) is 1. The summed E-state index contributed by atoms with van der Waals surface area (Å²) < 4.78 is 12.5. The minimum absolute atomic E-state index is 0.0175. The highest BCUT2D eigenvalue weighted by Gasteiger charge is 2.03. The Labute approximate surface area is 123 Å². The van der Waals surface area contributed by atoms with Gasteiger partial charge in [-0.25, -0.2) is 4.57 Å². The predicted molar refractivity (Wildman–Crippen MR) is 77.1 cm³/mol. The van der Waals surface area contributed by atoms with Crippen molar-refractivity contribution in [1.82, 2.24) is 10.3 Å². The molecule has 1 heterocycles. The Kier molecular flexibility index (Phi) is 5.63. The van der Waals surface area contributed by atoms with Gasteiger partial charge in [0, 0.05) is 13.0 Å². The minimum atomic E-state index is -0.120. The van der Waals surface area contributed by atoms with Crippen LogP contribution >= 0.6 is 0 Å². The number of methoxy groups -OCH3 is 1. The van der Waals surface area contributed by atoms with E-state index in [0.717, 1.165) is 18.7 Å². The molecule has 2 aromatic rings. The zero-order valence-corrected chi connectivity index (χ0v) is 12.0. The standard InChI is InChI=1S/C15H19N3O3/c1-20-13-3-5-14(6-4-13)21-11-15(19)17-7-2-9-18-10-8-16-12-18/h3-6,8,10,12H,2,7,9,11H2,1H3,(H,17,19)/p+1. The summed E-state index contributed by atoms with van der Waals surface area (Å²) in [6, 6.07) is 7.13. The van der Waals surface area contributed by atoms with Gasteiger partial charge in [0.1, 0.15) is 23.9 Å². The Bertz CT molecular complexity index is 538. The van der Waals surface area contributed by atoms with E-state index in [9.17, 15) is 4.79 Å². The fourth-order valence-electron chi connectivity index (χ4n) is 1.82. The number of aryl methyl sites for hydroxylation is 1. The Hall–Kier alpha value is -2.50. The van der Waals surface area contributed by atoms with Crippen LogP contribution in [-0.2, 0) is 11.3 Å². The highest BCUT2D eigenvalue weighted by atomic mass is 16.5. The van der Waals surface area contributed by atoms with Gasteiger partial charge in [0.05, 0.1) is 13.7 Å². The fourth-order valence-corrected chi connectivity index (χ4v) is 1.82. The molecule has 6 heteroatoms. The van der Waals surface area contributed by atoms with Crippen LogP contribution in [0.2, 0.25) is 0 Å². The molecule has 0 radical (unpaired) electrons. The van der Waals surface area contributed by atoms with Crippen molar-refractivity contribution >= 4 is 5.91 Å². The van der Waals surface area contributed by atoms with Crippen molar-refractivity contribution in [3.8, 4) is 11.5 Å². The predicted octanol–water partition coefficient (Wildman–Crippen LogP) is 0.896. The molecule has 1 aromatic heterocycles. The Morgan fingerprint density at radius 3 is 2.71 bits per heavy atom. The number of aromatic amines is 1. The maximum absolute atomic E-state index is 11.6. The average molecular weight is 290 g/mol. The van der Waals surface area contributed by atoms with Gasteiger partial charge in [-0.05, 0) is 24.3 Å². The summed E-state index contributed by atoms with van der Waals surface area (Å²) in [5.74, 6) is 1.28. The molecule has 1 aromatic carbocycles. The van der Waals surface area contributed by atoms with Crippen LogP contribution in [0.1, 0.15) is 6.42 Å². The average Bonchev–Trinajstić information content (AvgIpc) is 3.03.